The van der Waals surface area contributed by atoms with Crippen molar-refractivity contribution in [2.75, 3.05) is 0 Å². The van der Waals surface area contributed by atoms with E-state index in [1.54, 1.807) is 45.9 Å². The molecule has 1 amide bonds. The number of nitrogens with one attached hydrogen (secondary N) is 1. The third-order valence-electron chi connectivity index (χ3n) is 3.59. The van der Waals surface area contributed by atoms with Crippen molar-refractivity contribution in [3.05, 3.63) is 64.7 Å². The molecule has 0 atom stereocenters. The van der Waals surface area contributed by atoms with Gasteiger partial charge in [0.25, 0.3) is 5.91 Å². The summed E-state index contributed by atoms with van der Waals surface area (Å²) < 4.78 is 8.85. The molecule has 1 N–H and O–H groups in total. The molecule has 8 heteroatoms. The Hall–Kier alpha value is -2.80. The Morgan fingerprint density at radius 2 is 2.16 bits per heavy atom. The maximum atomic E-state index is 12.2. The van der Waals surface area contributed by atoms with Gasteiger partial charge >= 0.3 is 0 Å². The number of carbonyl (C=O) groups excluding carboxylic acids is 1. The predicted molar refractivity (Wildman–Crippen MR) is 93.4 cm³/mol. The van der Waals surface area contributed by atoms with E-state index in [2.05, 4.69) is 15.5 Å². The van der Waals surface area contributed by atoms with Crippen LogP contribution in [0.1, 0.15) is 21.7 Å². The number of amides is 1. The molecule has 25 heavy (non-hydrogen) atoms. The molecule has 0 aliphatic rings. The van der Waals surface area contributed by atoms with Crippen LogP contribution in [-0.2, 0) is 20.3 Å². The molecule has 0 aliphatic carbocycles. The van der Waals surface area contributed by atoms with Crippen LogP contribution in [0.25, 0.3) is 0 Å². The lowest BCUT2D eigenvalue weighted by atomic mass is 10.2. The lowest BCUT2D eigenvalue weighted by molar-refractivity contribution is 0.0944. The minimum absolute atomic E-state index is 0.190. The van der Waals surface area contributed by atoms with Crippen LogP contribution in [0, 0.1) is 6.92 Å². The second-order valence-electron chi connectivity index (χ2n) is 5.57. The van der Waals surface area contributed by atoms with Gasteiger partial charge in [-0.2, -0.15) is 10.2 Å². The average molecular weight is 360 g/mol. The molecule has 0 radical (unpaired) electrons. The molecule has 3 aromatic rings. The highest BCUT2D eigenvalue weighted by Gasteiger charge is 2.11. The monoisotopic (exact) mass is 359 g/mol. The molecule has 0 fully saturated rings. The van der Waals surface area contributed by atoms with Crippen LogP contribution in [0.15, 0.2) is 42.7 Å². The van der Waals surface area contributed by atoms with E-state index in [-0.39, 0.29) is 12.6 Å². The summed E-state index contributed by atoms with van der Waals surface area (Å²) in [6, 6.07) is 8.75. The summed E-state index contributed by atoms with van der Waals surface area (Å²) in [5, 5.41) is 11.9. The van der Waals surface area contributed by atoms with E-state index in [1.165, 1.54) is 0 Å². The second-order valence-corrected chi connectivity index (χ2v) is 6.00. The fourth-order valence-electron chi connectivity index (χ4n) is 2.34. The largest absolute Gasteiger partial charge is 0.471 e. The minimum Gasteiger partial charge on any atom is -0.471 e. The quantitative estimate of drug-likeness (QED) is 0.734. The van der Waals surface area contributed by atoms with Crippen molar-refractivity contribution < 1.29 is 9.53 Å². The first-order chi connectivity index (χ1) is 12.0. The Morgan fingerprint density at radius 3 is 2.88 bits per heavy atom. The number of aromatic nitrogens is 4. The van der Waals surface area contributed by atoms with Crippen LogP contribution >= 0.6 is 11.6 Å². The molecule has 0 unspecified atom stereocenters. The number of rotatable bonds is 6. The zero-order valence-corrected chi connectivity index (χ0v) is 14.7. The number of hydrogen-bond acceptors (Lipinski definition) is 4. The van der Waals surface area contributed by atoms with Crippen LogP contribution < -0.4 is 10.1 Å². The SMILES string of the molecule is Cc1nn(C)cc1CNC(=O)c1ccn(COc2cccc(Cl)c2)n1. The number of aryl methyl sites for hydroxylation is 2. The fraction of sp³-hybridized carbons (Fsp3) is 0.235. The van der Waals surface area contributed by atoms with Crippen molar-refractivity contribution in [1.82, 2.24) is 24.9 Å². The van der Waals surface area contributed by atoms with Gasteiger partial charge in [-0.1, -0.05) is 17.7 Å². The third kappa shape index (κ3) is 4.39. The molecule has 0 spiro atoms. The van der Waals surface area contributed by atoms with Gasteiger partial charge in [-0.05, 0) is 31.2 Å². The number of carbonyl (C=O) groups is 1. The predicted octanol–water partition coefficient (Wildman–Crippen LogP) is 2.54. The van der Waals surface area contributed by atoms with E-state index in [0.29, 0.717) is 23.0 Å². The number of benzene rings is 1. The third-order valence-corrected chi connectivity index (χ3v) is 3.82. The summed E-state index contributed by atoms with van der Waals surface area (Å²) in [4.78, 5) is 12.2. The van der Waals surface area contributed by atoms with E-state index in [9.17, 15) is 4.79 Å². The summed E-state index contributed by atoms with van der Waals surface area (Å²) in [6.07, 6.45) is 3.57. The molecule has 2 heterocycles. The minimum atomic E-state index is -0.246. The number of nitrogens with zero attached hydrogens (tertiary/aromatic N) is 4. The Labute approximate surface area is 150 Å². The van der Waals surface area contributed by atoms with Crippen LogP contribution in [0.4, 0.5) is 0 Å². The summed E-state index contributed by atoms with van der Waals surface area (Å²) >= 11 is 5.91. The van der Waals surface area contributed by atoms with E-state index in [0.717, 1.165) is 11.3 Å². The Morgan fingerprint density at radius 1 is 1.32 bits per heavy atom. The second kappa shape index (κ2) is 7.40. The number of halogens is 1. The zero-order valence-electron chi connectivity index (χ0n) is 13.9. The first-order valence-electron chi connectivity index (χ1n) is 7.70. The van der Waals surface area contributed by atoms with Crippen LogP contribution in [0.2, 0.25) is 5.02 Å². The van der Waals surface area contributed by atoms with Crippen molar-refractivity contribution >= 4 is 17.5 Å². The highest BCUT2D eigenvalue weighted by atomic mass is 35.5. The molecular formula is C17H18ClN5O2. The van der Waals surface area contributed by atoms with Gasteiger partial charge in [-0.3, -0.25) is 9.48 Å². The standard InChI is InChI=1S/C17H18ClN5O2/c1-12-13(10-22(2)20-12)9-19-17(24)16-6-7-23(21-16)11-25-15-5-3-4-14(18)8-15/h3-8,10H,9,11H2,1-2H3,(H,19,24). The summed E-state index contributed by atoms with van der Waals surface area (Å²) in [5.41, 5.74) is 2.19. The normalized spacial score (nSPS) is 10.7. The first kappa shape index (κ1) is 17.0. The zero-order chi connectivity index (χ0) is 17.8. The molecule has 7 nitrogen and oxygen atoms in total. The van der Waals surface area contributed by atoms with Crippen molar-refractivity contribution in [3.63, 3.8) is 0 Å². The maximum absolute atomic E-state index is 12.2. The highest BCUT2D eigenvalue weighted by molar-refractivity contribution is 6.30. The molecule has 1 aromatic carbocycles. The van der Waals surface area contributed by atoms with Gasteiger partial charge in [0.2, 0.25) is 0 Å². The van der Waals surface area contributed by atoms with Crippen LogP contribution in [0.5, 0.6) is 5.75 Å². The van der Waals surface area contributed by atoms with E-state index >= 15 is 0 Å². The lowest BCUT2D eigenvalue weighted by Gasteiger charge is -2.06. The number of hydrogen-bond donors (Lipinski definition) is 1. The smallest absolute Gasteiger partial charge is 0.272 e. The molecule has 130 valence electrons. The average Bonchev–Trinajstić information content (AvgIpc) is 3.17. The summed E-state index contributed by atoms with van der Waals surface area (Å²) in [7, 11) is 1.85. The lowest BCUT2D eigenvalue weighted by Crippen LogP contribution is -2.23. The van der Waals surface area contributed by atoms with E-state index in [4.69, 9.17) is 16.3 Å². The molecule has 0 saturated heterocycles. The first-order valence-corrected chi connectivity index (χ1v) is 8.08. The highest BCUT2D eigenvalue weighted by Crippen LogP contribution is 2.17. The molecule has 3 rings (SSSR count). The molecule has 2 aromatic heterocycles. The Balaban J connectivity index is 1.55. The van der Waals surface area contributed by atoms with Crippen molar-refractivity contribution in [2.45, 2.75) is 20.2 Å². The van der Waals surface area contributed by atoms with E-state index in [1.807, 2.05) is 20.2 Å². The van der Waals surface area contributed by atoms with Gasteiger partial charge in [0.15, 0.2) is 6.73 Å². The van der Waals surface area contributed by atoms with Crippen LogP contribution in [-0.4, -0.2) is 25.5 Å². The van der Waals surface area contributed by atoms with Gasteiger partial charge in [0, 0.05) is 36.6 Å². The topological polar surface area (TPSA) is 74.0 Å². The molecular weight excluding hydrogens is 342 g/mol. The Kier molecular flexibility index (Phi) is 5.04. The van der Waals surface area contributed by atoms with E-state index < -0.39 is 0 Å². The van der Waals surface area contributed by atoms with Crippen LogP contribution in [0.3, 0.4) is 0 Å². The number of ether oxygens (including phenoxy) is 1. The molecule has 0 aliphatic heterocycles. The van der Waals surface area contributed by atoms with Gasteiger partial charge in [0.05, 0.1) is 5.69 Å². The van der Waals surface area contributed by atoms with Gasteiger partial charge in [-0.15, -0.1) is 0 Å². The van der Waals surface area contributed by atoms with Crippen molar-refractivity contribution in [1.29, 1.82) is 0 Å². The summed E-state index contributed by atoms with van der Waals surface area (Å²) in [5.74, 6) is 0.394. The van der Waals surface area contributed by atoms with Gasteiger partial charge in [0.1, 0.15) is 11.4 Å². The molecule has 0 saturated carbocycles. The maximum Gasteiger partial charge on any atom is 0.272 e. The molecule has 0 bridgehead atoms. The van der Waals surface area contributed by atoms with Crippen molar-refractivity contribution in [2.24, 2.45) is 7.05 Å². The van der Waals surface area contributed by atoms with Gasteiger partial charge in [-0.25, -0.2) is 4.68 Å². The fourth-order valence-corrected chi connectivity index (χ4v) is 2.52. The van der Waals surface area contributed by atoms with Gasteiger partial charge < -0.3 is 10.1 Å². The van der Waals surface area contributed by atoms with Crippen molar-refractivity contribution in [3.8, 4) is 5.75 Å². The summed E-state index contributed by atoms with van der Waals surface area (Å²) in [6.45, 7) is 2.50. The Bertz CT molecular complexity index is 887.